The smallest absolute Gasteiger partial charge is 0.445 e. The number of rotatable bonds is 2. The molecule has 0 radical (unpaired) electrons. The number of pyridine rings is 1. The average Bonchev–Trinajstić information content (AvgIpc) is 2.13. The van der Waals surface area contributed by atoms with Crippen LogP contribution in [0.2, 0.25) is 0 Å². The first-order chi connectivity index (χ1) is 8.08. The van der Waals surface area contributed by atoms with E-state index in [4.69, 9.17) is 4.74 Å². The molecule has 0 saturated carbocycles. The summed E-state index contributed by atoms with van der Waals surface area (Å²) in [6.07, 6.45) is 0.138. The van der Waals surface area contributed by atoms with E-state index in [-0.39, 0.29) is 57.2 Å². The normalized spacial score (nSPS) is 11.5. The Morgan fingerprint density at radius 3 is 2.42 bits per heavy atom. The molecule has 0 spiro atoms. The zero-order chi connectivity index (χ0) is 14.0. The van der Waals surface area contributed by atoms with Crippen LogP contribution in [-0.2, 0) is 4.74 Å². The number of hydrogen-bond donors (Lipinski definition) is 1. The van der Waals surface area contributed by atoms with E-state index in [2.05, 4.69) is 10.3 Å². The van der Waals surface area contributed by atoms with Gasteiger partial charge in [0, 0.05) is 6.20 Å². The van der Waals surface area contributed by atoms with Crippen molar-refractivity contribution in [2.45, 2.75) is 26.4 Å². The van der Waals surface area contributed by atoms with Gasteiger partial charge in [-0.3, -0.25) is 5.32 Å². The third-order valence-corrected chi connectivity index (χ3v) is 1.79. The van der Waals surface area contributed by atoms with Gasteiger partial charge in [0.15, 0.2) is 0 Å². The average molecular weight is 300 g/mol. The van der Waals surface area contributed by atoms with Gasteiger partial charge in [0.2, 0.25) is 0 Å². The van der Waals surface area contributed by atoms with Gasteiger partial charge in [-0.15, -0.1) is 5.46 Å². The molecule has 0 aliphatic carbocycles. The summed E-state index contributed by atoms with van der Waals surface area (Å²) in [7, 11) is 0. The Kier molecular flexibility index (Phi) is 7.04. The molecule has 0 fully saturated rings. The van der Waals surface area contributed by atoms with Crippen molar-refractivity contribution in [3.05, 3.63) is 18.3 Å². The van der Waals surface area contributed by atoms with Gasteiger partial charge in [0.25, 0.3) is 0 Å². The van der Waals surface area contributed by atoms with Gasteiger partial charge < -0.3 is 17.7 Å². The number of halogens is 3. The molecule has 0 aliphatic heterocycles. The molecule has 0 atom stereocenters. The summed E-state index contributed by atoms with van der Waals surface area (Å²) in [6.45, 7) is -0.172. The second kappa shape index (κ2) is 7.07. The first-order valence-corrected chi connectivity index (χ1v) is 5.24. The molecule has 1 amide bonds. The van der Waals surface area contributed by atoms with Crippen molar-refractivity contribution in [1.82, 2.24) is 4.98 Å². The molecule has 1 aromatic rings. The number of carbonyl (C=O) groups excluding carboxylic acids is 1. The van der Waals surface area contributed by atoms with Crippen LogP contribution in [0.3, 0.4) is 0 Å². The molecule has 9 heteroatoms. The van der Waals surface area contributed by atoms with Crippen LogP contribution in [-0.4, -0.2) is 23.7 Å². The second-order valence-corrected chi connectivity index (χ2v) is 4.68. The molecule has 100 valence electrons. The Hall–Kier alpha value is -0.0887. The number of carbonyl (C=O) groups is 1. The summed E-state index contributed by atoms with van der Waals surface area (Å²) in [4.78, 5) is 15.0. The zero-order valence-electron chi connectivity index (χ0n) is 11.2. The van der Waals surface area contributed by atoms with Crippen molar-refractivity contribution < 1.29 is 73.9 Å². The largest absolute Gasteiger partial charge is 1.00 e. The minimum Gasteiger partial charge on any atom is -0.445 e. The molecule has 4 nitrogen and oxygen atoms in total. The molecule has 1 N–H and O–H groups in total. The minimum atomic E-state index is -5.12. The van der Waals surface area contributed by atoms with Gasteiger partial charge in [0.05, 0.1) is 0 Å². The standard InChI is InChI=1S/C10H13BF3N2O2.K/c1-10(2,3)18-9(17)16-8-6-7(4-5-15-8)11(12,13)14;/h4-6H,1-3H3,(H,15,16,17);/q-1;+1. The summed E-state index contributed by atoms with van der Waals surface area (Å²) in [5.74, 6) is -0.194. The minimum absolute atomic E-state index is 0. The van der Waals surface area contributed by atoms with Gasteiger partial charge in [0.1, 0.15) is 11.4 Å². The second-order valence-electron chi connectivity index (χ2n) is 4.68. The molecule has 0 aliphatic rings. The van der Waals surface area contributed by atoms with Crippen molar-refractivity contribution in [2.24, 2.45) is 0 Å². The van der Waals surface area contributed by atoms with Gasteiger partial charge in [-0.1, -0.05) is 6.07 Å². The number of ether oxygens (including phenoxy) is 1. The van der Waals surface area contributed by atoms with E-state index in [0.29, 0.717) is 0 Å². The number of anilines is 1. The number of aromatic nitrogens is 1. The predicted octanol–water partition coefficient (Wildman–Crippen LogP) is -0.513. The molecule has 19 heavy (non-hydrogen) atoms. The summed E-state index contributed by atoms with van der Waals surface area (Å²) in [5, 5.41) is 2.15. The predicted molar refractivity (Wildman–Crippen MR) is 62.8 cm³/mol. The summed E-state index contributed by atoms with van der Waals surface area (Å²) < 4.78 is 42.3. The molecular formula is C10H13BF3KN2O2. The first kappa shape index (κ1) is 18.9. The van der Waals surface area contributed by atoms with Crippen LogP contribution in [0.4, 0.5) is 23.6 Å². The van der Waals surface area contributed by atoms with Crippen molar-refractivity contribution in [1.29, 1.82) is 0 Å². The topological polar surface area (TPSA) is 51.2 Å². The van der Waals surface area contributed by atoms with Crippen molar-refractivity contribution >= 4 is 24.4 Å². The Balaban J connectivity index is 0.00000324. The van der Waals surface area contributed by atoms with Crippen LogP contribution < -0.4 is 62.2 Å². The molecule has 0 unspecified atom stereocenters. The third kappa shape index (κ3) is 7.31. The van der Waals surface area contributed by atoms with E-state index in [9.17, 15) is 17.7 Å². The van der Waals surface area contributed by atoms with Crippen LogP contribution in [0.1, 0.15) is 20.8 Å². The number of nitrogens with one attached hydrogen (secondary N) is 1. The first-order valence-electron chi connectivity index (χ1n) is 5.24. The van der Waals surface area contributed by atoms with Gasteiger partial charge >= 0.3 is 64.5 Å². The maximum atomic E-state index is 12.5. The van der Waals surface area contributed by atoms with E-state index < -0.39 is 24.1 Å². The monoisotopic (exact) mass is 300 g/mol. The molecule has 1 rings (SSSR count). The maximum absolute atomic E-state index is 12.5. The van der Waals surface area contributed by atoms with E-state index in [0.717, 1.165) is 18.3 Å². The van der Waals surface area contributed by atoms with Crippen LogP contribution in [0, 0.1) is 0 Å². The quantitative estimate of drug-likeness (QED) is 0.748. The Labute approximate surface area is 152 Å². The van der Waals surface area contributed by atoms with Crippen LogP contribution in [0.15, 0.2) is 18.3 Å². The molecule has 1 aromatic heterocycles. The maximum Gasteiger partial charge on any atom is 1.00 e. The third-order valence-electron chi connectivity index (χ3n) is 1.79. The van der Waals surface area contributed by atoms with E-state index in [1.807, 2.05) is 0 Å². The van der Waals surface area contributed by atoms with Crippen LogP contribution in [0.25, 0.3) is 0 Å². The van der Waals surface area contributed by atoms with Crippen molar-refractivity contribution in [3.63, 3.8) is 0 Å². The molecular weight excluding hydrogens is 287 g/mol. The van der Waals surface area contributed by atoms with E-state index in [1.54, 1.807) is 20.8 Å². The Morgan fingerprint density at radius 1 is 1.37 bits per heavy atom. The fraction of sp³-hybridized carbons (Fsp3) is 0.400. The fourth-order valence-electron chi connectivity index (χ4n) is 1.13. The molecule has 1 heterocycles. The number of hydrogen-bond acceptors (Lipinski definition) is 3. The van der Waals surface area contributed by atoms with Crippen molar-refractivity contribution in [3.8, 4) is 0 Å². The van der Waals surface area contributed by atoms with Gasteiger partial charge in [-0.25, -0.2) is 9.78 Å². The number of nitrogens with zero attached hydrogens (tertiary/aromatic N) is 1. The van der Waals surface area contributed by atoms with Crippen molar-refractivity contribution in [2.75, 3.05) is 5.32 Å². The summed E-state index contributed by atoms with van der Waals surface area (Å²) in [6, 6.07) is 1.62. The van der Waals surface area contributed by atoms with E-state index in [1.165, 1.54) is 0 Å². The van der Waals surface area contributed by atoms with Crippen LogP contribution >= 0.6 is 0 Å². The van der Waals surface area contributed by atoms with Gasteiger partial charge in [-0.05, 0) is 26.8 Å². The molecule has 0 bridgehead atoms. The SMILES string of the molecule is CC(C)(C)OC(=O)Nc1cc([B-](F)(F)F)ccn1.[K+]. The number of amides is 1. The van der Waals surface area contributed by atoms with E-state index >= 15 is 0 Å². The summed E-state index contributed by atoms with van der Waals surface area (Å²) >= 11 is 0. The zero-order valence-corrected chi connectivity index (χ0v) is 14.3. The fourth-order valence-corrected chi connectivity index (χ4v) is 1.13. The van der Waals surface area contributed by atoms with Crippen LogP contribution in [0.5, 0.6) is 0 Å². The van der Waals surface area contributed by atoms with Gasteiger partial charge in [-0.2, -0.15) is 0 Å². The Morgan fingerprint density at radius 2 is 1.95 bits per heavy atom. The summed E-state index contributed by atoms with van der Waals surface area (Å²) in [5.41, 5.74) is -1.55. The molecule has 0 saturated heterocycles. The molecule has 0 aromatic carbocycles. The Bertz CT molecular complexity index is 449.